The van der Waals surface area contributed by atoms with E-state index in [1.165, 1.54) is 7.11 Å². The molecule has 158 valence electrons. The van der Waals surface area contributed by atoms with Crippen LogP contribution in [-0.2, 0) is 4.79 Å². The van der Waals surface area contributed by atoms with Gasteiger partial charge in [0.2, 0.25) is 11.8 Å². The predicted molar refractivity (Wildman–Crippen MR) is 117 cm³/mol. The van der Waals surface area contributed by atoms with Gasteiger partial charge >= 0.3 is 0 Å². The summed E-state index contributed by atoms with van der Waals surface area (Å²) >= 11 is 0. The molecule has 1 aromatic heterocycles. The molecule has 0 unspecified atom stereocenters. The van der Waals surface area contributed by atoms with E-state index in [0.29, 0.717) is 40.6 Å². The van der Waals surface area contributed by atoms with Crippen LogP contribution in [0.3, 0.4) is 0 Å². The molecule has 0 saturated heterocycles. The van der Waals surface area contributed by atoms with Gasteiger partial charge in [-0.25, -0.2) is 4.98 Å². The van der Waals surface area contributed by atoms with Crippen molar-refractivity contribution in [2.75, 3.05) is 19.0 Å². The Labute approximate surface area is 177 Å². The van der Waals surface area contributed by atoms with Gasteiger partial charge in [0, 0.05) is 23.0 Å². The Kier molecular flexibility index (Phi) is 7.43. The average Bonchev–Trinajstić information content (AvgIpc) is 2.75. The molecule has 1 aliphatic heterocycles. The van der Waals surface area contributed by atoms with Crippen molar-refractivity contribution in [2.45, 2.75) is 40.5 Å². The number of pyridine rings is 1. The number of carbonyl (C=O) groups is 1. The Balaban J connectivity index is 0.00000155. The monoisotopic (exact) mass is 408 g/mol. The van der Waals surface area contributed by atoms with Gasteiger partial charge in [-0.3, -0.25) is 4.79 Å². The first-order valence-electron chi connectivity index (χ1n) is 9.90. The molecule has 2 heterocycles. The van der Waals surface area contributed by atoms with Crippen LogP contribution in [0, 0.1) is 18.3 Å². The second kappa shape index (κ2) is 9.79. The summed E-state index contributed by atoms with van der Waals surface area (Å²) in [6, 6.07) is 7.22. The fraction of sp³-hybridized carbons (Fsp3) is 0.348. The summed E-state index contributed by atoms with van der Waals surface area (Å²) in [5.74, 6) is -0.160. The molecule has 1 atom stereocenters. The first-order chi connectivity index (χ1) is 14.4. The Morgan fingerprint density at radius 1 is 1.33 bits per heavy atom. The zero-order valence-corrected chi connectivity index (χ0v) is 18.3. The number of anilines is 1. The number of nitrogens with two attached hydrogens (primary N) is 1. The number of benzene rings is 1. The van der Waals surface area contributed by atoms with Gasteiger partial charge in [-0.1, -0.05) is 19.9 Å². The maximum absolute atomic E-state index is 12.4. The van der Waals surface area contributed by atoms with E-state index in [0.717, 1.165) is 16.8 Å². The van der Waals surface area contributed by atoms with E-state index in [4.69, 9.17) is 15.2 Å². The molecule has 7 heteroatoms. The van der Waals surface area contributed by atoms with Gasteiger partial charge in [-0.2, -0.15) is 5.26 Å². The SMILES string of the molecule is CC.CCOc1ncc(C)c2c1[C@@H](c1ccc(C#N)cc1OC)C(C(N)=O)=C(C)N2. The number of rotatable bonds is 5. The van der Waals surface area contributed by atoms with Crippen molar-refractivity contribution in [1.82, 2.24) is 4.98 Å². The van der Waals surface area contributed by atoms with Crippen LogP contribution in [0.25, 0.3) is 0 Å². The number of methoxy groups -OCH3 is 1. The minimum atomic E-state index is -0.545. The third-order valence-corrected chi connectivity index (χ3v) is 4.78. The fourth-order valence-corrected chi connectivity index (χ4v) is 3.57. The number of carbonyl (C=O) groups excluding carboxylic acids is 1. The summed E-state index contributed by atoms with van der Waals surface area (Å²) in [5.41, 5.74) is 10.5. The molecular formula is C23H28N4O3. The number of ether oxygens (including phenoxy) is 2. The third kappa shape index (κ3) is 4.08. The van der Waals surface area contributed by atoms with E-state index in [2.05, 4.69) is 16.4 Å². The number of allylic oxidation sites excluding steroid dienone is 1. The average molecular weight is 409 g/mol. The number of nitrogens with one attached hydrogen (secondary N) is 1. The zero-order valence-electron chi connectivity index (χ0n) is 18.3. The lowest BCUT2D eigenvalue weighted by atomic mass is 9.79. The first kappa shape index (κ1) is 22.8. The van der Waals surface area contributed by atoms with E-state index < -0.39 is 11.8 Å². The molecule has 1 aromatic carbocycles. The highest BCUT2D eigenvalue weighted by Crippen LogP contribution is 2.48. The van der Waals surface area contributed by atoms with Gasteiger partial charge in [0.05, 0.1) is 42.5 Å². The fourth-order valence-electron chi connectivity index (χ4n) is 3.57. The van der Waals surface area contributed by atoms with E-state index >= 15 is 0 Å². The van der Waals surface area contributed by atoms with Crippen LogP contribution in [0.4, 0.5) is 5.69 Å². The maximum Gasteiger partial charge on any atom is 0.247 e. The minimum absolute atomic E-state index is 0.406. The predicted octanol–water partition coefficient (Wildman–Crippen LogP) is 4.01. The van der Waals surface area contributed by atoms with E-state index in [1.54, 1.807) is 24.4 Å². The second-order valence-corrected chi connectivity index (χ2v) is 6.50. The summed E-state index contributed by atoms with van der Waals surface area (Å²) in [5, 5.41) is 12.5. The molecule has 0 radical (unpaired) electrons. The first-order valence-corrected chi connectivity index (χ1v) is 9.90. The van der Waals surface area contributed by atoms with Crippen molar-refractivity contribution < 1.29 is 14.3 Å². The topological polar surface area (TPSA) is 110 Å². The van der Waals surface area contributed by atoms with Crippen LogP contribution >= 0.6 is 0 Å². The molecular weight excluding hydrogens is 380 g/mol. The number of nitriles is 1. The highest BCUT2D eigenvalue weighted by Gasteiger charge is 2.36. The lowest BCUT2D eigenvalue weighted by Crippen LogP contribution is -2.28. The smallest absolute Gasteiger partial charge is 0.247 e. The number of hydrogen-bond acceptors (Lipinski definition) is 6. The summed E-state index contributed by atoms with van der Waals surface area (Å²) in [6.45, 7) is 10.0. The van der Waals surface area contributed by atoms with Crippen LogP contribution in [-0.4, -0.2) is 24.6 Å². The van der Waals surface area contributed by atoms with Gasteiger partial charge in [-0.15, -0.1) is 0 Å². The number of aromatic nitrogens is 1. The molecule has 30 heavy (non-hydrogen) atoms. The largest absolute Gasteiger partial charge is 0.496 e. The van der Waals surface area contributed by atoms with Gasteiger partial charge in [-0.05, 0) is 38.5 Å². The Hall–Kier alpha value is -3.53. The summed E-state index contributed by atoms with van der Waals surface area (Å²) in [6.07, 6.45) is 1.73. The van der Waals surface area contributed by atoms with E-state index in [9.17, 15) is 10.1 Å². The molecule has 1 aliphatic rings. The molecule has 0 bridgehead atoms. The highest BCUT2D eigenvalue weighted by atomic mass is 16.5. The second-order valence-electron chi connectivity index (χ2n) is 6.50. The minimum Gasteiger partial charge on any atom is -0.496 e. The highest BCUT2D eigenvalue weighted by molar-refractivity contribution is 5.98. The van der Waals surface area contributed by atoms with Gasteiger partial charge in [0.15, 0.2) is 0 Å². The molecule has 0 saturated carbocycles. The molecule has 0 aliphatic carbocycles. The quantitative estimate of drug-likeness (QED) is 0.773. The zero-order chi connectivity index (χ0) is 22.4. The van der Waals surface area contributed by atoms with Crippen molar-refractivity contribution in [2.24, 2.45) is 5.73 Å². The van der Waals surface area contributed by atoms with E-state index in [1.807, 2.05) is 34.6 Å². The Morgan fingerprint density at radius 3 is 2.60 bits per heavy atom. The molecule has 0 spiro atoms. The Bertz CT molecular complexity index is 1020. The van der Waals surface area contributed by atoms with Crippen molar-refractivity contribution in [3.8, 4) is 17.7 Å². The molecule has 7 nitrogen and oxygen atoms in total. The van der Waals surface area contributed by atoms with Gasteiger partial charge in [0.1, 0.15) is 5.75 Å². The van der Waals surface area contributed by atoms with Crippen LogP contribution in [0.1, 0.15) is 55.9 Å². The number of primary amides is 1. The third-order valence-electron chi connectivity index (χ3n) is 4.78. The molecule has 1 amide bonds. The van der Waals surface area contributed by atoms with Crippen molar-refractivity contribution in [3.63, 3.8) is 0 Å². The molecule has 0 fully saturated rings. The maximum atomic E-state index is 12.4. The molecule has 3 rings (SSSR count). The number of aryl methyl sites for hydroxylation is 1. The normalized spacial score (nSPS) is 14.5. The Morgan fingerprint density at radius 2 is 2.03 bits per heavy atom. The van der Waals surface area contributed by atoms with Crippen molar-refractivity contribution in [1.29, 1.82) is 5.26 Å². The van der Waals surface area contributed by atoms with Crippen LogP contribution in [0.2, 0.25) is 0 Å². The summed E-state index contributed by atoms with van der Waals surface area (Å²) in [7, 11) is 1.53. The molecule has 3 N–H and O–H groups in total. The lowest BCUT2D eigenvalue weighted by Gasteiger charge is -2.32. The van der Waals surface area contributed by atoms with E-state index in [-0.39, 0.29) is 0 Å². The number of amides is 1. The number of hydrogen-bond donors (Lipinski definition) is 2. The van der Waals surface area contributed by atoms with Crippen molar-refractivity contribution >= 4 is 11.6 Å². The van der Waals surface area contributed by atoms with Crippen LogP contribution < -0.4 is 20.5 Å². The number of fused-ring (bicyclic) bond motifs is 1. The van der Waals surface area contributed by atoms with Gasteiger partial charge in [0.25, 0.3) is 0 Å². The molecule has 2 aromatic rings. The van der Waals surface area contributed by atoms with Crippen LogP contribution in [0.5, 0.6) is 11.6 Å². The number of nitrogens with zero attached hydrogens (tertiary/aromatic N) is 2. The standard InChI is InChI=1S/C21H22N4O3.C2H6/c1-5-28-21-18-17(14-7-6-13(9-22)8-15(14)27-4)16(20(23)26)12(3)25-19(18)11(2)10-24-21;1-2/h6-8,10,17,25H,5H2,1-4H3,(H2,23,26);1-2H3/t17-;/m0./s1. The lowest BCUT2D eigenvalue weighted by molar-refractivity contribution is -0.114. The summed E-state index contributed by atoms with van der Waals surface area (Å²) < 4.78 is 11.3. The van der Waals surface area contributed by atoms with Crippen LogP contribution in [0.15, 0.2) is 35.7 Å². The van der Waals surface area contributed by atoms with Crippen molar-refractivity contribution in [3.05, 3.63) is 57.9 Å². The summed E-state index contributed by atoms with van der Waals surface area (Å²) in [4.78, 5) is 16.8. The van der Waals surface area contributed by atoms with Gasteiger partial charge < -0.3 is 20.5 Å².